The van der Waals surface area contributed by atoms with E-state index in [1.165, 1.54) is 49.6 Å². The number of rotatable bonds is 6. The Balaban J connectivity index is 2.65. The lowest BCUT2D eigenvalue weighted by molar-refractivity contribution is -0.139. The van der Waals surface area contributed by atoms with Crippen LogP contribution in [-0.2, 0) is 19.1 Å². The highest BCUT2D eigenvalue weighted by Gasteiger charge is 2.29. The summed E-state index contributed by atoms with van der Waals surface area (Å²) in [5.74, 6) is -1.41. The Labute approximate surface area is 157 Å². The molecule has 0 radical (unpaired) electrons. The Hall–Kier alpha value is -3.09. The smallest absolute Gasteiger partial charge is 0.355 e. The molecule has 0 spiro atoms. The van der Waals surface area contributed by atoms with Gasteiger partial charge >= 0.3 is 11.9 Å². The highest BCUT2D eigenvalue weighted by Crippen LogP contribution is 2.35. The molecule has 0 atom stereocenters. The minimum Gasteiger partial charge on any atom is -0.491 e. The van der Waals surface area contributed by atoms with E-state index in [2.05, 4.69) is 0 Å². The van der Waals surface area contributed by atoms with Crippen LogP contribution in [0.4, 0.5) is 10.1 Å². The normalized spacial score (nSPS) is 13.6. The maximum atomic E-state index is 14.0. The monoisotopic (exact) mass is 375 g/mol. The first-order valence-corrected chi connectivity index (χ1v) is 8.36. The van der Waals surface area contributed by atoms with Crippen LogP contribution in [0.5, 0.6) is 5.75 Å². The molecule has 1 aromatic carbocycles. The molecule has 2 rings (SSSR count). The molecule has 0 N–H and O–H groups in total. The van der Waals surface area contributed by atoms with Crippen molar-refractivity contribution < 1.29 is 28.2 Å². The van der Waals surface area contributed by atoms with Crippen molar-refractivity contribution >= 4 is 17.6 Å². The third kappa shape index (κ3) is 4.75. The number of methoxy groups -OCH3 is 2. The van der Waals surface area contributed by atoms with E-state index in [0.717, 1.165) is 0 Å². The van der Waals surface area contributed by atoms with Gasteiger partial charge in [0.1, 0.15) is 17.3 Å². The number of benzene rings is 1. The number of hydrogen-bond acceptors (Lipinski definition) is 6. The Morgan fingerprint density at radius 1 is 1.11 bits per heavy atom. The number of esters is 2. The molecule has 0 unspecified atom stereocenters. The summed E-state index contributed by atoms with van der Waals surface area (Å²) in [7, 11) is 2.41. The van der Waals surface area contributed by atoms with Crippen LogP contribution in [0, 0.1) is 11.7 Å². The van der Waals surface area contributed by atoms with E-state index >= 15 is 0 Å². The van der Waals surface area contributed by atoms with Gasteiger partial charge < -0.3 is 19.1 Å². The quantitative estimate of drug-likeness (QED) is 0.711. The summed E-state index contributed by atoms with van der Waals surface area (Å²) in [6.45, 7) is 4.36. The lowest BCUT2D eigenvalue weighted by Gasteiger charge is -2.25. The first-order chi connectivity index (χ1) is 12.9. The van der Waals surface area contributed by atoms with Crippen molar-refractivity contribution in [2.45, 2.75) is 13.8 Å². The van der Waals surface area contributed by atoms with Crippen molar-refractivity contribution in [2.24, 2.45) is 5.92 Å². The molecular weight excluding hydrogens is 353 g/mol. The summed E-state index contributed by atoms with van der Waals surface area (Å²) >= 11 is 0. The van der Waals surface area contributed by atoms with Crippen LogP contribution in [0.2, 0.25) is 0 Å². The largest absolute Gasteiger partial charge is 0.491 e. The molecule has 1 heterocycles. The number of allylic oxidation sites excluding steroid dienone is 2. The van der Waals surface area contributed by atoms with Gasteiger partial charge in [-0.15, -0.1) is 0 Å². The van der Waals surface area contributed by atoms with Gasteiger partial charge in [-0.2, -0.15) is 0 Å². The second-order valence-corrected chi connectivity index (χ2v) is 6.13. The maximum Gasteiger partial charge on any atom is 0.355 e. The lowest BCUT2D eigenvalue weighted by atomic mass is 10.1. The minimum absolute atomic E-state index is 0.0200. The van der Waals surface area contributed by atoms with Gasteiger partial charge in [0.2, 0.25) is 0 Å². The van der Waals surface area contributed by atoms with Crippen molar-refractivity contribution in [3.05, 3.63) is 59.7 Å². The predicted octanol–water partition coefficient (Wildman–Crippen LogP) is 3.35. The van der Waals surface area contributed by atoms with Crippen LogP contribution in [0.25, 0.3) is 0 Å². The van der Waals surface area contributed by atoms with E-state index in [-0.39, 0.29) is 22.9 Å². The number of carbonyl (C=O) groups is 2. The third-order valence-electron chi connectivity index (χ3n) is 3.64. The van der Waals surface area contributed by atoms with E-state index in [1.807, 2.05) is 13.8 Å². The summed E-state index contributed by atoms with van der Waals surface area (Å²) in [5.41, 5.74) is 0.139. The zero-order valence-electron chi connectivity index (χ0n) is 15.7. The molecule has 0 bridgehead atoms. The average Bonchev–Trinajstić information content (AvgIpc) is 2.88. The van der Waals surface area contributed by atoms with Crippen LogP contribution >= 0.6 is 0 Å². The molecular formula is C20H22FNO5. The fourth-order valence-electron chi connectivity index (χ4n) is 2.41. The van der Waals surface area contributed by atoms with Gasteiger partial charge in [-0.25, -0.2) is 14.0 Å². The number of carbonyl (C=O) groups excluding carboxylic acids is 2. The van der Waals surface area contributed by atoms with Crippen LogP contribution in [0.3, 0.4) is 0 Å². The first kappa shape index (κ1) is 20.2. The van der Waals surface area contributed by atoms with Gasteiger partial charge in [0.15, 0.2) is 0 Å². The summed E-state index contributed by atoms with van der Waals surface area (Å²) < 4.78 is 29.4. The molecule has 0 fully saturated rings. The van der Waals surface area contributed by atoms with Crippen LogP contribution in [0.1, 0.15) is 13.8 Å². The zero-order chi connectivity index (χ0) is 20.0. The molecule has 27 heavy (non-hydrogen) atoms. The molecule has 0 saturated heterocycles. The Bertz CT molecular complexity index is 811. The van der Waals surface area contributed by atoms with Gasteiger partial charge in [-0.1, -0.05) is 19.9 Å². The van der Waals surface area contributed by atoms with Gasteiger partial charge in [0.05, 0.1) is 32.1 Å². The molecule has 1 aromatic rings. The summed E-state index contributed by atoms with van der Waals surface area (Å²) in [6, 6.07) is 3.97. The van der Waals surface area contributed by atoms with Crippen LogP contribution in [0.15, 0.2) is 53.9 Å². The number of halogens is 1. The SMILES string of the molecule is COC(=O)C1=C(C(=O)OC)N(c2cc(F)ccc2OCC(C)C)C=CC=C1. The molecule has 6 nitrogen and oxygen atoms in total. The van der Waals surface area contributed by atoms with E-state index in [1.54, 1.807) is 12.2 Å². The lowest BCUT2D eigenvalue weighted by Crippen LogP contribution is -2.27. The topological polar surface area (TPSA) is 65.1 Å². The van der Waals surface area contributed by atoms with Gasteiger partial charge in [0.25, 0.3) is 0 Å². The molecule has 0 saturated carbocycles. The van der Waals surface area contributed by atoms with Gasteiger partial charge in [-0.3, -0.25) is 0 Å². The van der Waals surface area contributed by atoms with Gasteiger partial charge in [-0.05, 0) is 30.2 Å². The van der Waals surface area contributed by atoms with E-state index in [9.17, 15) is 14.0 Å². The summed E-state index contributed by atoms with van der Waals surface area (Å²) in [5, 5.41) is 0. The second kappa shape index (κ2) is 9.02. The van der Waals surface area contributed by atoms with Crippen molar-refractivity contribution in [3.8, 4) is 5.75 Å². The highest BCUT2D eigenvalue weighted by atomic mass is 19.1. The average molecular weight is 375 g/mol. The Morgan fingerprint density at radius 3 is 2.44 bits per heavy atom. The fraction of sp³-hybridized carbons (Fsp3) is 0.300. The predicted molar refractivity (Wildman–Crippen MR) is 98.6 cm³/mol. The first-order valence-electron chi connectivity index (χ1n) is 8.36. The third-order valence-corrected chi connectivity index (χ3v) is 3.64. The van der Waals surface area contributed by atoms with Crippen molar-refractivity contribution in [1.29, 1.82) is 0 Å². The highest BCUT2D eigenvalue weighted by molar-refractivity contribution is 6.05. The standard InChI is InChI=1S/C20H22FNO5/c1-13(2)12-27-17-9-8-14(21)11-16(17)22-10-6-5-7-15(19(23)25-3)18(22)20(24)26-4/h5-11,13H,12H2,1-4H3. The minimum atomic E-state index is -0.773. The van der Waals surface area contributed by atoms with Crippen LogP contribution < -0.4 is 9.64 Å². The summed E-state index contributed by atoms with van der Waals surface area (Å²) in [6.07, 6.45) is 6.14. The van der Waals surface area contributed by atoms with E-state index in [0.29, 0.717) is 12.4 Å². The Morgan fingerprint density at radius 2 is 1.81 bits per heavy atom. The maximum absolute atomic E-state index is 14.0. The fourth-order valence-corrected chi connectivity index (χ4v) is 2.41. The molecule has 0 amide bonds. The molecule has 1 aliphatic heterocycles. The number of ether oxygens (including phenoxy) is 3. The van der Waals surface area contributed by atoms with Crippen molar-refractivity contribution in [2.75, 3.05) is 25.7 Å². The Kier molecular flexibility index (Phi) is 6.76. The molecule has 144 valence electrons. The number of hydrogen-bond donors (Lipinski definition) is 0. The summed E-state index contributed by atoms with van der Waals surface area (Å²) in [4.78, 5) is 26.0. The van der Waals surface area contributed by atoms with Crippen molar-refractivity contribution in [3.63, 3.8) is 0 Å². The van der Waals surface area contributed by atoms with Crippen LogP contribution in [-0.4, -0.2) is 32.8 Å². The van der Waals surface area contributed by atoms with Gasteiger partial charge in [0, 0.05) is 12.3 Å². The molecule has 0 aromatic heterocycles. The number of nitrogens with zero attached hydrogens (tertiary/aromatic N) is 1. The van der Waals surface area contributed by atoms with Crippen molar-refractivity contribution in [1.82, 2.24) is 0 Å². The molecule has 7 heteroatoms. The van der Waals surface area contributed by atoms with E-state index in [4.69, 9.17) is 14.2 Å². The molecule has 1 aliphatic rings. The van der Waals surface area contributed by atoms with E-state index < -0.39 is 17.8 Å². The zero-order valence-corrected chi connectivity index (χ0v) is 15.7. The molecule has 0 aliphatic carbocycles. The second-order valence-electron chi connectivity index (χ2n) is 6.13. The number of anilines is 1.